The minimum atomic E-state index is 0.187. The van der Waals surface area contributed by atoms with Gasteiger partial charge in [-0.1, -0.05) is 13.0 Å². The zero-order valence-electron chi connectivity index (χ0n) is 12.5. The number of hydrogen-bond donors (Lipinski definition) is 1. The quantitative estimate of drug-likeness (QED) is 0.706. The summed E-state index contributed by atoms with van der Waals surface area (Å²) in [5.74, 6) is 0.593. The summed E-state index contributed by atoms with van der Waals surface area (Å²) in [6.07, 6.45) is 3.17. The number of rotatable bonds is 7. The van der Waals surface area contributed by atoms with Crippen molar-refractivity contribution in [2.75, 3.05) is 32.8 Å². The molecule has 1 rings (SSSR count). The Morgan fingerprint density at radius 3 is 2.67 bits per heavy atom. The molecule has 2 atom stereocenters. The normalized spacial score (nSPS) is 24.7. The molecular weight excluding hydrogens is 224 g/mol. The highest BCUT2D eigenvalue weighted by Gasteiger charge is 2.31. The molecule has 0 aromatic rings. The van der Waals surface area contributed by atoms with Gasteiger partial charge in [0.2, 0.25) is 0 Å². The van der Waals surface area contributed by atoms with E-state index in [1.54, 1.807) is 0 Å². The topological polar surface area (TPSA) is 24.5 Å². The van der Waals surface area contributed by atoms with Gasteiger partial charge in [0.05, 0.1) is 13.2 Å². The lowest BCUT2D eigenvalue weighted by molar-refractivity contribution is 0.114. The molecule has 0 saturated carbocycles. The van der Waals surface area contributed by atoms with Crippen molar-refractivity contribution >= 4 is 0 Å². The van der Waals surface area contributed by atoms with E-state index < -0.39 is 0 Å². The van der Waals surface area contributed by atoms with Gasteiger partial charge in [-0.05, 0) is 33.7 Å². The molecule has 1 fully saturated rings. The molecule has 2 unspecified atom stereocenters. The third-order valence-corrected chi connectivity index (χ3v) is 3.61. The predicted molar refractivity (Wildman–Crippen MR) is 77.9 cm³/mol. The Morgan fingerprint density at radius 1 is 1.39 bits per heavy atom. The molecule has 0 aromatic heterocycles. The fraction of sp³-hybridized carbons (Fsp3) is 0.867. The van der Waals surface area contributed by atoms with Crippen molar-refractivity contribution in [2.24, 2.45) is 5.92 Å². The van der Waals surface area contributed by atoms with Crippen molar-refractivity contribution in [3.8, 4) is 0 Å². The van der Waals surface area contributed by atoms with E-state index in [1.165, 1.54) is 6.42 Å². The van der Waals surface area contributed by atoms with Crippen molar-refractivity contribution in [1.29, 1.82) is 0 Å². The largest absolute Gasteiger partial charge is 0.379 e. The van der Waals surface area contributed by atoms with E-state index in [0.29, 0.717) is 12.0 Å². The van der Waals surface area contributed by atoms with E-state index in [0.717, 1.165) is 32.8 Å². The zero-order valence-corrected chi connectivity index (χ0v) is 12.5. The highest BCUT2D eigenvalue weighted by Crippen LogP contribution is 2.20. The van der Waals surface area contributed by atoms with Crippen LogP contribution in [0.1, 0.15) is 34.1 Å². The lowest BCUT2D eigenvalue weighted by Gasteiger charge is -2.37. The number of hydrogen-bond acceptors (Lipinski definition) is 3. The van der Waals surface area contributed by atoms with Gasteiger partial charge in [-0.25, -0.2) is 0 Å². The van der Waals surface area contributed by atoms with Gasteiger partial charge >= 0.3 is 0 Å². The molecule has 0 spiro atoms. The molecular formula is C15H30N2O. The Hall–Kier alpha value is -0.380. The molecule has 1 aliphatic heterocycles. The van der Waals surface area contributed by atoms with Gasteiger partial charge in [0.25, 0.3) is 0 Å². The van der Waals surface area contributed by atoms with Crippen LogP contribution in [-0.4, -0.2) is 49.3 Å². The van der Waals surface area contributed by atoms with Crippen LogP contribution in [0.15, 0.2) is 12.7 Å². The summed E-state index contributed by atoms with van der Waals surface area (Å²) in [4.78, 5) is 2.49. The van der Waals surface area contributed by atoms with Gasteiger partial charge in [-0.2, -0.15) is 0 Å². The maximum atomic E-state index is 5.64. The van der Waals surface area contributed by atoms with E-state index in [1.807, 2.05) is 6.08 Å². The molecule has 1 heterocycles. The fourth-order valence-electron chi connectivity index (χ4n) is 2.40. The summed E-state index contributed by atoms with van der Waals surface area (Å²) in [5.41, 5.74) is 0.187. The third-order valence-electron chi connectivity index (χ3n) is 3.61. The van der Waals surface area contributed by atoms with Crippen LogP contribution < -0.4 is 5.32 Å². The van der Waals surface area contributed by atoms with Crippen LogP contribution in [0.3, 0.4) is 0 Å². The average Bonchev–Trinajstić information content (AvgIpc) is 2.72. The number of nitrogens with zero attached hydrogens (tertiary/aromatic N) is 1. The molecule has 1 N–H and O–H groups in total. The molecule has 0 amide bonds. The monoisotopic (exact) mass is 254 g/mol. The van der Waals surface area contributed by atoms with E-state index >= 15 is 0 Å². The van der Waals surface area contributed by atoms with Crippen LogP contribution in [-0.2, 0) is 4.74 Å². The standard InChI is InChI=1S/C15H30N2O/c1-6-8-16-14-12-18-11-13(14)10-17(9-7-2)15(3,4)5/h7,13-14,16H,2,6,8-12H2,1,3-5H3. The lowest BCUT2D eigenvalue weighted by Crippen LogP contribution is -2.48. The third kappa shape index (κ3) is 4.71. The van der Waals surface area contributed by atoms with Crippen LogP contribution in [0.4, 0.5) is 0 Å². The van der Waals surface area contributed by atoms with Gasteiger partial charge in [0, 0.05) is 30.6 Å². The summed E-state index contributed by atoms with van der Waals surface area (Å²) in [5, 5.41) is 3.60. The van der Waals surface area contributed by atoms with Crippen LogP contribution in [0, 0.1) is 5.92 Å². The van der Waals surface area contributed by atoms with Crippen LogP contribution in [0.2, 0.25) is 0 Å². The van der Waals surface area contributed by atoms with Gasteiger partial charge in [0.1, 0.15) is 0 Å². The Morgan fingerprint density at radius 2 is 2.11 bits per heavy atom. The first-order chi connectivity index (χ1) is 8.49. The van der Waals surface area contributed by atoms with Gasteiger partial charge in [0.15, 0.2) is 0 Å². The van der Waals surface area contributed by atoms with E-state index in [2.05, 4.69) is 44.5 Å². The minimum absolute atomic E-state index is 0.187. The van der Waals surface area contributed by atoms with E-state index in [9.17, 15) is 0 Å². The Kier molecular flexibility index (Phi) is 6.33. The van der Waals surface area contributed by atoms with Gasteiger partial charge in [-0.15, -0.1) is 6.58 Å². The molecule has 106 valence electrons. The smallest absolute Gasteiger partial charge is 0.0623 e. The molecule has 0 radical (unpaired) electrons. The summed E-state index contributed by atoms with van der Waals surface area (Å²) in [7, 11) is 0. The van der Waals surface area contributed by atoms with Gasteiger partial charge in [-0.3, -0.25) is 4.90 Å². The SMILES string of the molecule is C=CCN(CC1COCC1NCCC)C(C)(C)C. The van der Waals surface area contributed by atoms with Crippen LogP contribution in [0.25, 0.3) is 0 Å². The molecule has 1 saturated heterocycles. The predicted octanol–water partition coefficient (Wildman–Crippen LogP) is 2.29. The van der Waals surface area contributed by atoms with Gasteiger partial charge < -0.3 is 10.1 Å². The maximum Gasteiger partial charge on any atom is 0.0623 e. The highest BCUT2D eigenvalue weighted by molar-refractivity contribution is 4.89. The summed E-state index contributed by atoms with van der Waals surface area (Å²) in [6.45, 7) is 17.7. The Labute approximate surface area is 113 Å². The molecule has 0 aliphatic carbocycles. The molecule has 18 heavy (non-hydrogen) atoms. The summed E-state index contributed by atoms with van der Waals surface area (Å²) >= 11 is 0. The second-order valence-corrected chi connectivity index (χ2v) is 6.22. The van der Waals surface area contributed by atoms with E-state index in [-0.39, 0.29) is 5.54 Å². The van der Waals surface area contributed by atoms with Crippen molar-refractivity contribution in [1.82, 2.24) is 10.2 Å². The minimum Gasteiger partial charge on any atom is -0.379 e. The first kappa shape index (κ1) is 15.7. The van der Waals surface area contributed by atoms with Crippen molar-refractivity contribution in [2.45, 2.75) is 45.7 Å². The molecule has 3 heteroatoms. The number of nitrogens with one attached hydrogen (secondary N) is 1. The van der Waals surface area contributed by atoms with Crippen molar-refractivity contribution in [3.05, 3.63) is 12.7 Å². The Bertz CT molecular complexity index is 247. The molecule has 1 aliphatic rings. The second-order valence-electron chi connectivity index (χ2n) is 6.22. The van der Waals surface area contributed by atoms with E-state index in [4.69, 9.17) is 4.74 Å². The highest BCUT2D eigenvalue weighted by atomic mass is 16.5. The first-order valence-electron chi connectivity index (χ1n) is 7.16. The zero-order chi connectivity index (χ0) is 13.6. The fourth-order valence-corrected chi connectivity index (χ4v) is 2.40. The lowest BCUT2D eigenvalue weighted by atomic mass is 9.98. The maximum absolute atomic E-state index is 5.64. The van der Waals surface area contributed by atoms with Crippen molar-refractivity contribution in [3.63, 3.8) is 0 Å². The molecule has 3 nitrogen and oxygen atoms in total. The van der Waals surface area contributed by atoms with Crippen LogP contribution in [0.5, 0.6) is 0 Å². The second kappa shape index (κ2) is 7.27. The molecule has 0 bridgehead atoms. The Balaban J connectivity index is 2.53. The van der Waals surface area contributed by atoms with Crippen LogP contribution >= 0.6 is 0 Å². The number of ether oxygens (including phenoxy) is 1. The summed E-state index contributed by atoms with van der Waals surface area (Å²) < 4.78 is 5.64. The first-order valence-corrected chi connectivity index (χ1v) is 7.16. The summed E-state index contributed by atoms with van der Waals surface area (Å²) in [6, 6.07) is 0.514. The molecule has 0 aromatic carbocycles. The average molecular weight is 254 g/mol. The van der Waals surface area contributed by atoms with Crippen molar-refractivity contribution < 1.29 is 4.74 Å².